The third-order valence-electron chi connectivity index (χ3n) is 4.81. The average Bonchev–Trinajstić information content (AvgIpc) is 3.07. The van der Waals surface area contributed by atoms with E-state index in [2.05, 4.69) is 12.0 Å². The number of amides is 1. The Balaban J connectivity index is 1.81. The van der Waals surface area contributed by atoms with Gasteiger partial charge in [0.1, 0.15) is 0 Å². The molecule has 5 heteroatoms. The van der Waals surface area contributed by atoms with Gasteiger partial charge in [-0.05, 0) is 44.4 Å². The topological polar surface area (TPSA) is 64.2 Å². The van der Waals surface area contributed by atoms with Crippen molar-refractivity contribution in [2.75, 3.05) is 12.3 Å². The van der Waals surface area contributed by atoms with Crippen LogP contribution in [0.15, 0.2) is 24.3 Å². The molecular formula is C18H24N4O. The molecule has 1 aromatic heterocycles. The Bertz CT molecular complexity index is 717. The fourth-order valence-electron chi connectivity index (χ4n) is 3.55. The van der Waals surface area contributed by atoms with Gasteiger partial charge < -0.3 is 10.6 Å². The average molecular weight is 312 g/mol. The van der Waals surface area contributed by atoms with E-state index in [4.69, 9.17) is 5.73 Å². The Morgan fingerprint density at radius 2 is 2.00 bits per heavy atom. The van der Waals surface area contributed by atoms with Gasteiger partial charge in [0.25, 0.3) is 0 Å². The maximum absolute atomic E-state index is 12.8. The van der Waals surface area contributed by atoms with E-state index in [0.29, 0.717) is 6.42 Å². The molecular weight excluding hydrogens is 288 g/mol. The Hall–Kier alpha value is -2.30. The van der Waals surface area contributed by atoms with Gasteiger partial charge in [0.15, 0.2) is 0 Å². The van der Waals surface area contributed by atoms with E-state index in [0.717, 1.165) is 42.0 Å². The molecule has 2 aromatic rings. The summed E-state index contributed by atoms with van der Waals surface area (Å²) in [6, 6.07) is 7.71. The lowest BCUT2D eigenvalue weighted by atomic mass is 10.0. The SMILES string of the molecule is Cc1nn(C)c(C)c1C1CCCN1C(=O)Cc1ccc(N)cc1. The maximum Gasteiger partial charge on any atom is 0.227 e. The number of benzene rings is 1. The summed E-state index contributed by atoms with van der Waals surface area (Å²) in [5, 5.41) is 4.51. The van der Waals surface area contributed by atoms with Crippen molar-refractivity contribution in [3.63, 3.8) is 0 Å². The molecule has 1 atom stereocenters. The van der Waals surface area contributed by atoms with E-state index in [1.807, 2.05) is 47.8 Å². The van der Waals surface area contributed by atoms with Crippen LogP contribution in [-0.4, -0.2) is 27.1 Å². The fourth-order valence-corrected chi connectivity index (χ4v) is 3.55. The summed E-state index contributed by atoms with van der Waals surface area (Å²) in [6.07, 6.45) is 2.49. The number of nitrogen functional groups attached to an aromatic ring is 1. The number of likely N-dealkylation sites (tertiary alicyclic amines) is 1. The molecule has 1 fully saturated rings. The van der Waals surface area contributed by atoms with Crippen LogP contribution in [0.1, 0.15) is 41.4 Å². The first-order valence-corrected chi connectivity index (χ1v) is 8.11. The number of hydrogen-bond acceptors (Lipinski definition) is 3. The molecule has 1 aliphatic rings. The van der Waals surface area contributed by atoms with Crippen molar-refractivity contribution in [3.8, 4) is 0 Å². The highest BCUT2D eigenvalue weighted by Crippen LogP contribution is 2.35. The van der Waals surface area contributed by atoms with Crippen LogP contribution >= 0.6 is 0 Å². The zero-order chi connectivity index (χ0) is 16.6. The second-order valence-electron chi connectivity index (χ2n) is 6.37. The second kappa shape index (κ2) is 6.07. The second-order valence-corrected chi connectivity index (χ2v) is 6.37. The molecule has 23 heavy (non-hydrogen) atoms. The maximum atomic E-state index is 12.8. The highest BCUT2D eigenvalue weighted by molar-refractivity contribution is 5.79. The molecule has 0 spiro atoms. The molecule has 2 N–H and O–H groups in total. The Kier molecular flexibility index (Phi) is 4.11. The Morgan fingerprint density at radius 3 is 2.61 bits per heavy atom. The van der Waals surface area contributed by atoms with Crippen molar-refractivity contribution < 1.29 is 4.79 Å². The van der Waals surface area contributed by atoms with Gasteiger partial charge in [-0.3, -0.25) is 9.48 Å². The molecule has 0 aliphatic carbocycles. The van der Waals surface area contributed by atoms with Gasteiger partial charge in [-0.25, -0.2) is 0 Å². The summed E-state index contributed by atoms with van der Waals surface area (Å²) in [4.78, 5) is 14.8. The minimum Gasteiger partial charge on any atom is -0.399 e. The van der Waals surface area contributed by atoms with E-state index in [-0.39, 0.29) is 11.9 Å². The number of aryl methyl sites for hydroxylation is 2. The number of aromatic nitrogens is 2. The largest absolute Gasteiger partial charge is 0.399 e. The van der Waals surface area contributed by atoms with Gasteiger partial charge in [-0.2, -0.15) is 5.10 Å². The molecule has 0 bridgehead atoms. The normalized spacial score (nSPS) is 17.7. The van der Waals surface area contributed by atoms with Crippen LogP contribution in [0.25, 0.3) is 0 Å². The van der Waals surface area contributed by atoms with Crippen molar-refractivity contribution in [2.24, 2.45) is 7.05 Å². The van der Waals surface area contributed by atoms with Gasteiger partial charge >= 0.3 is 0 Å². The standard InChI is InChI=1S/C18H24N4O/c1-12-18(13(2)21(3)20-12)16-5-4-10-22(16)17(23)11-14-6-8-15(19)9-7-14/h6-9,16H,4-5,10-11,19H2,1-3H3. The molecule has 5 nitrogen and oxygen atoms in total. The van der Waals surface area contributed by atoms with E-state index in [1.54, 1.807) is 0 Å². The zero-order valence-corrected chi connectivity index (χ0v) is 14.0. The van der Waals surface area contributed by atoms with Crippen molar-refractivity contribution >= 4 is 11.6 Å². The van der Waals surface area contributed by atoms with Crippen LogP contribution in [-0.2, 0) is 18.3 Å². The summed E-state index contributed by atoms with van der Waals surface area (Å²) >= 11 is 0. The van der Waals surface area contributed by atoms with Gasteiger partial charge in [-0.15, -0.1) is 0 Å². The van der Waals surface area contributed by atoms with E-state index in [9.17, 15) is 4.79 Å². The van der Waals surface area contributed by atoms with Crippen LogP contribution in [0, 0.1) is 13.8 Å². The Morgan fingerprint density at radius 1 is 1.30 bits per heavy atom. The molecule has 3 rings (SSSR count). The molecule has 1 saturated heterocycles. The predicted octanol–water partition coefficient (Wildman–Crippen LogP) is 2.53. The molecule has 1 aromatic carbocycles. The number of nitrogens with zero attached hydrogens (tertiary/aromatic N) is 3. The lowest BCUT2D eigenvalue weighted by Gasteiger charge is -2.25. The highest BCUT2D eigenvalue weighted by Gasteiger charge is 2.33. The van der Waals surface area contributed by atoms with Crippen LogP contribution in [0.4, 0.5) is 5.69 Å². The first-order chi connectivity index (χ1) is 11.0. The third-order valence-corrected chi connectivity index (χ3v) is 4.81. The smallest absolute Gasteiger partial charge is 0.227 e. The van der Waals surface area contributed by atoms with E-state index in [1.165, 1.54) is 5.56 Å². The van der Waals surface area contributed by atoms with Crippen LogP contribution in [0.5, 0.6) is 0 Å². The van der Waals surface area contributed by atoms with E-state index < -0.39 is 0 Å². The van der Waals surface area contributed by atoms with Crippen LogP contribution < -0.4 is 5.73 Å². The number of carbonyl (C=O) groups is 1. The zero-order valence-electron chi connectivity index (χ0n) is 14.0. The minimum atomic E-state index is 0.157. The predicted molar refractivity (Wildman–Crippen MR) is 90.9 cm³/mol. The third kappa shape index (κ3) is 2.96. The van der Waals surface area contributed by atoms with Crippen LogP contribution in [0.3, 0.4) is 0 Å². The van der Waals surface area contributed by atoms with Crippen molar-refractivity contribution in [3.05, 3.63) is 46.8 Å². The summed E-state index contributed by atoms with van der Waals surface area (Å²) in [7, 11) is 1.96. The Labute approximate surface area is 137 Å². The molecule has 1 unspecified atom stereocenters. The summed E-state index contributed by atoms with van der Waals surface area (Å²) in [5.74, 6) is 0.180. The monoisotopic (exact) mass is 312 g/mol. The number of carbonyl (C=O) groups excluding carboxylic acids is 1. The van der Waals surface area contributed by atoms with Gasteiger partial charge in [0.05, 0.1) is 18.2 Å². The van der Waals surface area contributed by atoms with Crippen molar-refractivity contribution in [1.29, 1.82) is 0 Å². The van der Waals surface area contributed by atoms with Gasteiger partial charge in [-0.1, -0.05) is 12.1 Å². The van der Waals surface area contributed by atoms with Crippen molar-refractivity contribution in [1.82, 2.24) is 14.7 Å². The summed E-state index contributed by atoms with van der Waals surface area (Å²) in [6.45, 7) is 4.94. The fraction of sp³-hybridized carbons (Fsp3) is 0.444. The van der Waals surface area contributed by atoms with Gasteiger partial charge in [0.2, 0.25) is 5.91 Å². The molecule has 2 heterocycles. The molecule has 0 saturated carbocycles. The first-order valence-electron chi connectivity index (χ1n) is 8.11. The lowest BCUT2D eigenvalue weighted by Crippen LogP contribution is -2.32. The molecule has 1 aliphatic heterocycles. The molecule has 122 valence electrons. The highest BCUT2D eigenvalue weighted by atomic mass is 16.2. The first kappa shape index (κ1) is 15.6. The molecule has 1 amide bonds. The summed E-state index contributed by atoms with van der Waals surface area (Å²) < 4.78 is 1.91. The number of nitrogens with two attached hydrogens (primary N) is 1. The van der Waals surface area contributed by atoms with E-state index >= 15 is 0 Å². The molecule has 0 radical (unpaired) electrons. The van der Waals surface area contributed by atoms with Gasteiger partial charge in [0, 0.05) is 30.5 Å². The van der Waals surface area contributed by atoms with Crippen molar-refractivity contribution in [2.45, 2.75) is 39.2 Å². The quantitative estimate of drug-likeness (QED) is 0.886. The number of anilines is 1. The minimum absolute atomic E-state index is 0.157. The lowest BCUT2D eigenvalue weighted by molar-refractivity contribution is -0.131. The number of hydrogen-bond donors (Lipinski definition) is 1. The summed E-state index contributed by atoms with van der Waals surface area (Å²) in [5.41, 5.74) is 10.8. The number of rotatable bonds is 3. The van der Waals surface area contributed by atoms with Crippen LogP contribution in [0.2, 0.25) is 0 Å².